The first-order valence-electron chi connectivity index (χ1n) is 5.09. The van der Waals surface area contributed by atoms with Gasteiger partial charge in [0.25, 0.3) is 0 Å². The number of nitrogens with zero attached hydrogens (tertiary/aromatic N) is 2. The maximum absolute atomic E-state index is 11.3. The summed E-state index contributed by atoms with van der Waals surface area (Å²) in [6.45, 7) is 1.68. The molecule has 2 aromatic rings. The number of aliphatic hydroxyl groups excluding tert-OH is 1. The summed E-state index contributed by atoms with van der Waals surface area (Å²) in [5.74, 6) is 0. The van der Waals surface area contributed by atoms with Crippen LogP contribution in [0.15, 0.2) is 22.8 Å². The van der Waals surface area contributed by atoms with E-state index in [1.165, 1.54) is 6.33 Å². The van der Waals surface area contributed by atoms with Crippen LogP contribution in [0.25, 0.3) is 11.2 Å². The monoisotopic (exact) mass is 235 g/mol. The minimum absolute atomic E-state index is 0.0743. The van der Waals surface area contributed by atoms with E-state index in [9.17, 15) is 4.79 Å². The molecule has 0 aromatic carbocycles. The predicted molar refractivity (Wildman–Crippen MR) is 62.3 cm³/mol. The highest BCUT2D eigenvalue weighted by Gasteiger charge is 2.12. The van der Waals surface area contributed by atoms with E-state index in [1.807, 2.05) is 0 Å². The van der Waals surface area contributed by atoms with Gasteiger partial charge in [0.2, 0.25) is 0 Å². The zero-order chi connectivity index (χ0) is 12.4. The Morgan fingerprint density at radius 2 is 2.47 bits per heavy atom. The van der Waals surface area contributed by atoms with Gasteiger partial charge in [0, 0.05) is 0 Å². The summed E-state index contributed by atoms with van der Waals surface area (Å²) in [6.07, 6.45) is 3.12. The molecule has 0 radical (unpaired) electrons. The summed E-state index contributed by atoms with van der Waals surface area (Å²) in [5.41, 5.74) is 7.59. The van der Waals surface area contributed by atoms with Gasteiger partial charge in [0.1, 0.15) is 5.52 Å². The minimum atomic E-state index is -0.527. The lowest BCUT2D eigenvalue weighted by molar-refractivity contribution is 0.330. The highest BCUT2D eigenvalue weighted by molar-refractivity contribution is 5.72. The second-order valence-electron chi connectivity index (χ2n) is 3.75. The fourth-order valence-electron chi connectivity index (χ4n) is 1.56. The van der Waals surface area contributed by atoms with Crippen LogP contribution in [0.1, 0.15) is 18.7 Å². The van der Waals surface area contributed by atoms with E-state index in [0.717, 1.165) is 5.57 Å². The molecule has 0 aliphatic heterocycles. The smallest absolute Gasteiger partial charge is 0.347 e. The number of hydrogen-bond acceptors (Lipinski definition) is 5. The number of aromatic nitrogens is 4. The van der Waals surface area contributed by atoms with E-state index >= 15 is 0 Å². The molecule has 0 aliphatic rings. The molecule has 17 heavy (non-hydrogen) atoms. The van der Waals surface area contributed by atoms with Crippen molar-refractivity contribution in [3.05, 3.63) is 34.2 Å². The van der Waals surface area contributed by atoms with Crippen molar-refractivity contribution < 1.29 is 5.11 Å². The number of aromatic amines is 2. The highest BCUT2D eigenvalue weighted by atomic mass is 16.3. The fraction of sp³-hybridized carbons (Fsp3) is 0.300. The van der Waals surface area contributed by atoms with Crippen LogP contribution in [0.4, 0.5) is 0 Å². The second-order valence-corrected chi connectivity index (χ2v) is 3.75. The number of rotatable bonds is 3. The van der Waals surface area contributed by atoms with Crippen LogP contribution in [-0.2, 0) is 0 Å². The summed E-state index contributed by atoms with van der Waals surface area (Å²) >= 11 is 0. The van der Waals surface area contributed by atoms with Crippen molar-refractivity contribution in [1.82, 2.24) is 19.9 Å². The first-order valence-corrected chi connectivity index (χ1v) is 5.09. The topological polar surface area (TPSA) is 121 Å². The van der Waals surface area contributed by atoms with Crippen LogP contribution < -0.4 is 11.4 Å². The Hall–Kier alpha value is -1.99. The maximum atomic E-state index is 11.3. The van der Waals surface area contributed by atoms with Gasteiger partial charge in [-0.15, -0.1) is 0 Å². The maximum Gasteiger partial charge on any atom is 0.347 e. The van der Waals surface area contributed by atoms with Gasteiger partial charge in [-0.3, -0.25) is 0 Å². The van der Waals surface area contributed by atoms with E-state index < -0.39 is 11.7 Å². The van der Waals surface area contributed by atoms with Gasteiger partial charge in [-0.25, -0.2) is 9.78 Å². The lowest BCUT2D eigenvalue weighted by Gasteiger charge is -2.08. The Balaban J connectivity index is 2.54. The first kappa shape index (κ1) is 11.5. The van der Waals surface area contributed by atoms with Crippen LogP contribution in [0.2, 0.25) is 0 Å². The second kappa shape index (κ2) is 4.48. The van der Waals surface area contributed by atoms with Crippen molar-refractivity contribution in [2.24, 2.45) is 5.73 Å². The zero-order valence-electron chi connectivity index (χ0n) is 9.27. The molecular formula is C10H13N5O2. The molecule has 0 spiro atoms. The van der Waals surface area contributed by atoms with Crippen LogP contribution in [0, 0.1) is 0 Å². The van der Waals surface area contributed by atoms with Crippen LogP contribution in [0.3, 0.4) is 0 Å². The predicted octanol–water partition coefficient (Wildman–Crippen LogP) is -0.415. The highest BCUT2D eigenvalue weighted by Crippen LogP contribution is 2.16. The van der Waals surface area contributed by atoms with Gasteiger partial charge in [-0.2, -0.15) is 4.98 Å². The number of fused-ring (bicyclic) bond motifs is 1. The molecule has 7 nitrogen and oxygen atoms in total. The molecule has 1 atom stereocenters. The van der Waals surface area contributed by atoms with Crippen molar-refractivity contribution in [2.45, 2.75) is 13.0 Å². The quantitative estimate of drug-likeness (QED) is 0.539. The molecule has 1 unspecified atom stereocenters. The van der Waals surface area contributed by atoms with E-state index in [1.54, 1.807) is 13.0 Å². The van der Waals surface area contributed by atoms with Crippen LogP contribution in [0.5, 0.6) is 0 Å². The number of imidazole rings is 1. The molecule has 0 fully saturated rings. The Bertz CT molecular complexity index is 612. The minimum Gasteiger partial charge on any atom is -0.392 e. The average Bonchev–Trinajstić information content (AvgIpc) is 2.75. The molecule has 2 aromatic heterocycles. The SMILES string of the molecule is CC(=CC(N)c1[nH]c(=O)nc2nc[nH]c12)CO. The molecule has 5 N–H and O–H groups in total. The summed E-state index contributed by atoms with van der Waals surface area (Å²) < 4.78 is 0. The molecule has 0 bridgehead atoms. The lowest BCUT2D eigenvalue weighted by Crippen LogP contribution is -2.19. The van der Waals surface area contributed by atoms with Gasteiger partial charge in [0.05, 0.1) is 24.7 Å². The summed E-state index contributed by atoms with van der Waals surface area (Å²) in [6, 6.07) is -0.527. The van der Waals surface area contributed by atoms with Crippen molar-refractivity contribution in [3.8, 4) is 0 Å². The van der Waals surface area contributed by atoms with Crippen molar-refractivity contribution in [3.63, 3.8) is 0 Å². The van der Waals surface area contributed by atoms with Crippen molar-refractivity contribution in [2.75, 3.05) is 6.61 Å². The lowest BCUT2D eigenvalue weighted by atomic mass is 10.1. The summed E-state index contributed by atoms with van der Waals surface area (Å²) in [7, 11) is 0. The molecule has 0 saturated heterocycles. The number of nitrogens with one attached hydrogen (secondary N) is 2. The van der Waals surface area contributed by atoms with Gasteiger partial charge in [0.15, 0.2) is 5.65 Å². The zero-order valence-corrected chi connectivity index (χ0v) is 9.27. The molecule has 0 aliphatic carbocycles. The summed E-state index contributed by atoms with van der Waals surface area (Å²) in [4.78, 5) is 24.4. The Kier molecular flexibility index (Phi) is 3.03. The van der Waals surface area contributed by atoms with E-state index in [-0.39, 0.29) is 6.61 Å². The van der Waals surface area contributed by atoms with Gasteiger partial charge in [-0.1, -0.05) is 11.6 Å². The van der Waals surface area contributed by atoms with Gasteiger partial charge < -0.3 is 20.8 Å². The molecule has 0 amide bonds. The van der Waals surface area contributed by atoms with Gasteiger partial charge >= 0.3 is 5.69 Å². The van der Waals surface area contributed by atoms with E-state index in [0.29, 0.717) is 16.9 Å². The largest absolute Gasteiger partial charge is 0.392 e. The van der Waals surface area contributed by atoms with Crippen molar-refractivity contribution in [1.29, 1.82) is 0 Å². The fourth-order valence-corrected chi connectivity index (χ4v) is 1.56. The Labute approximate surface area is 96.4 Å². The third-order valence-corrected chi connectivity index (χ3v) is 2.38. The molecule has 2 rings (SSSR count). The summed E-state index contributed by atoms with van der Waals surface area (Å²) in [5, 5.41) is 8.93. The van der Waals surface area contributed by atoms with Crippen LogP contribution in [-0.4, -0.2) is 31.6 Å². The standard InChI is InChI=1S/C10H13N5O2/c1-5(3-16)2-6(11)7-8-9(13-4-12-8)15-10(17)14-7/h2,4,6,16H,3,11H2,1H3,(H2,12,13,14,15,17). The molecule has 90 valence electrons. The van der Waals surface area contributed by atoms with Gasteiger partial charge in [-0.05, 0) is 6.92 Å². The third kappa shape index (κ3) is 2.24. The van der Waals surface area contributed by atoms with E-state index in [2.05, 4.69) is 19.9 Å². The normalized spacial score (nSPS) is 14.2. The molecule has 0 saturated carbocycles. The number of nitrogens with two attached hydrogens (primary N) is 1. The van der Waals surface area contributed by atoms with E-state index in [4.69, 9.17) is 10.8 Å². The van der Waals surface area contributed by atoms with Crippen LogP contribution >= 0.6 is 0 Å². The molecule has 7 heteroatoms. The Morgan fingerprint density at radius 1 is 1.71 bits per heavy atom. The van der Waals surface area contributed by atoms with Crippen molar-refractivity contribution >= 4 is 11.2 Å². The Morgan fingerprint density at radius 3 is 3.18 bits per heavy atom. The number of hydrogen-bond donors (Lipinski definition) is 4. The number of aliphatic hydroxyl groups is 1. The number of H-pyrrole nitrogens is 2. The average molecular weight is 235 g/mol. The third-order valence-electron chi connectivity index (χ3n) is 2.38. The first-order chi connectivity index (χ1) is 8.11. The molecule has 2 heterocycles. The molecular weight excluding hydrogens is 222 g/mol.